The van der Waals surface area contributed by atoms with Crippen molar-refractivity contribution in [2.24, 2.45) is 0 Å². The summed E-state index contributed by atoms with van der Waals surface area (Å²) in [6.07, 6.45) is 3.33. The average molecular weight is 1270 g/mol. The molecule has 82 heavy (non-hydrogen) atoms. The van der Waals surface area contributed by atoms with Gasteiger partial charge in [-0.2, -0.15) is 12.1 Å². The van der Waals surface area contributed by atoms with E-state index in [-0.39, 0.29) is 111 Å². The van der Waals surface area contributed by atoms with Gasteiger partial charge in [0, 0.05) is 86.3 Å². The summed E-state index contributed by atoms with van der Waals surface area (Å²) in [5, 5.41) is 0.426. The third kappa shape index (κ3) is 10.1. The zero-order chi connectivity index (χ0) is 70.0. The number of aryl methyl sites for hydroxylation is 2. The Balaban J connectivity index is 0.00000954. The van der Waals surface area contributed by atoms with Gasteiger partial charge < -0.3 is 19.1 Å². The molecule has 3 heterocycles. The van der Waals surface area contributed by atoms with Crippen LogP contribution in [0.4, 0.5) is 22.7 Å². The minimum atomic E-state index is -2.77. The Hall–Kier alpha value is -7.20. The van der Waals surface area contributed by atoms with Gasteiger partial charge >= 0.3 is 0 Å². The third-order valence-electron chi connectivity index (χ3n) is 16.5. The third-order valence-corrected chi connectivity index (χ3v) is 16.5. The van der Waals surface area contributed by atoms with E-state index >= 15 is 0 Å². The molecule has 420 valence electrons. The quantitative estimate of drug-likeness (QED) is 0.142. The van der Waals surface area contributed by atoms with Crippen LogP contribution in [-0.2, 0) is 48.1 Å². The summed E-state index contributed by atoms with van der Waals surface area (Å²) in [5.41, 5.74) is 8.61. The minimum Gasteiger partial charge on any atom is -0.509 e. The predicted octanol–water partition coefficient (Wildman–Crippen LogP) is 20.8. The van der Waals surface area contributed by atoms with Crippen LogP contribution in [-0.4, -0.2) is 9.55 Å². The SMILES string of the molecule is [2H]c1c([2H])c([2H])c(-c2cc(C(C)(C)C)cc(-c3cc(C(C)(C)C)cc(C(C)(C)C)c3)c2N2[CH-]N(c3[c-]c(Oc4[c-]c5c(cc4)c4c([2H])c([2H])c([2H])c([2H])c4n5-c4cc(C([2H])([2H])[2H])c(-c5cccc6c5C(C)(C)CCC6(C)C)cn4)c(C([2H])([2H])[2H])cc3)c3ccccc32)c([2H])c1[2H].[Pt]. The second-order valence-corrected chi connectivity index (χ2v) is 26.2. The molecule has 0 radical (unpaired) electrons. The molecule has 2 aliphatic rings. The number of pyridine rings is 1. The molecule has 6 heteroatoms. The van der Waals surface area contributed by atoms with Gasteiger partial charge in [-0.25, -0.2) is 4.98 Å². The van der Waals surface area contributed by atoms with E-state index in [4.69, 9.17) is 24.8 Å². The summed E-state index contributed by atoms with van der Waals surface area (Å²) in [6.45, 7) is 24.2. The normalized spacial score (nSPS) is 17.8. The molecule has 8 aromatic carbocycles. The second-order valence-electron chi connectivity index (χ2n) is 26.2. The van der Waals surface area contributed by atoms with Gasteiger partial charge in [0.05, 0.1) is 12.3 Å². The van der Waals surface area contributed by atoms with Gasteiger partial charge in [0.1, 0.15) is 5.82 Å². The number of fused-ring (bicyclic) bond motifs is 5. The number of aromatic nitrogens is 2. The number of para-hydroxylation sites is 3. The molecule has 0 atom stereocenters. The van der Waals surface area contributed by atoms with Gasteiger partial charge in [-0.05, 0) is 139 Å². The zero-order valence-corrected chi connectivity index (χ0v) is 51.2. The number of ether oxygens (including phenoxy) is 1. The number of hydrogen-bond donors (Lipinski definition) is 0. The Labute approximate surface area is 523 Å². The van der Waals surface area contributed by atoms with Crippen molar-refractivity contribution in [1.82, 2.24) is 9.55 Å². The molecular formula is C76H77N4OPt-3. The van der Waals surface area contributed by atoms with Crippen LogP contribution in [0.3, 0.4) is 0 Å². The number of anilines is 4. The van der Waals surface area contributed by atoms with Gasteiger partial charge in [-0.15, -0.1) is 47.6 Å². The van der Waals surface area contributed by atoms with Crippen molar-refractivity contribution < 1.29 is 46.4 Å². The van der Waals surface area contributed by atoms with E-state index < -0.39 is 55.4 Å². The maximum absolute atomic E-state index is 9.52. The van der Waals surface area contributed by atoms with E-state index in [1.807, 2.05) is 58.9 Å². The first-order valence-electron chi connectivity index (χ1n) is 35.3. The van der Waals surface area contributed by atoms with E-state index in [0.717, 1.165) is 57.3 Å². The molecular weight excluding hydrogens is 1180 g/mol. The zero-order valence-electron chi connectivity index (χ0n) is 63.9. The Bertz CT molecular complexity index is 4830. The number of hydrogen-bond acceptors (Lipinski definition) is 4. The van der Waals surface area contributed by atoms with E-state index in [1.165, 1.54) is 29.0 Å². The molecule has 0 saturated heterocycles. The number of nitrogens with zero attached hydrogens (tertiary/aromatic N) is 4. The van der Waals surface area contributed by atoms with Crippen LogP contribution in [0.15, 0.2) is 164 Å². The molecule has 0 fully saturated rings. The van der Waals surface area contributed by atoms with E-state index in [9.17, 15) is 5.48 Å². The first-order chi connectivity index (χ1) is 44.5. The molecule has 0 unspecified atom stereocenters. The summed E-state index contributed by atoms with van der Waals surface area (Å²) < 4.78 is 144. The predicted molar refractivity (Wildman–Crippen MR) is 341 cm³/mol. The molecule has 12 rings (SSSR count). The van der Waals surface area contributed by atoms with Crippen LogP contribution in [0.25, 0.3) is 61.0 Å². The molecule has 1 aliphatic carbocycles. The summed E-state index contributed by atoms with van der Waals surface area (Å²) in [7, 11) is 0. The van der Waals surface area contributed by atoms with E-state index in [0.29, 0.717) is 39.3 Å². The van der Waals surface area contributed by atoms with Gasteiger partial charge in [0.15, 0.2) is 0 Å². The van der Waals surface area contributed by atoms with Gasteiger partial charge in [0.25, 0.3) is 0 Å². The van der Waals surface area contributed by atoms with Crippen molar-refractivity contribution in [2.75, 3.05) is 9.80 Å². The molecule has 0 bridgehead atoms. The van der Waals surface area contributed by atoms with Crippen LogP contribution < -0.4 is 14.5 Å². The maximum Gasteiger partial charge on any atom is 0.135 e. The first kappa shape index (κ1) is 40.9. The molecule has 0 N–H and O–H groups in total. The van der Waals surface area contributed by atoms with Gasteiger partial charge in [0.2, 0.25) is 0 Å². The molecule has 2 aromatic heterocycles. The van der Waals surface area contributed by atoms with Crippen molar-refractivity contribution in [2.45, 2.75) is 144 Å². The van der Waals surface area contributed by atoms with Crippen molar-refractivity contribution in [3.63, 3.8) is 0 Å². The minimum absolute atomic E-state index is 0. The van der Waals surface area contributed by atoms with Crippen molar-refractivity contribution in [3.8, 4) is 50.7 Å². The van der Waals surface area contributed by atoms with Crippen LogP contribution in [0.1, 0.15) is 162 Å². The number of benzene rings is 8. The summed E-state index contributed by atoms with van der Waals surface area (Å²) in [5.74, 6) is -0.229. The summed E-state index contributed by atoms with van der Waals surface area (Å²) in [6, 6.07) is 34.3. The fourth-order valence-electron chi connectivity index (χ4n) is 11.7. The maximum atomic E-state index is 9.52. The van der Waals surface area contributed by atoms with E-state index in [2.05, 4.69) is 132 Å². The molecule has 0 saturated carbocycles. The van der Waals surface area contributed by atoms with Crippen LogP contribution in [0, 0.1) is 32.5 Å². The topological polar surface area (TPSA) is 33.5 Å². The Morgan fingerprint density at radius 2 is 1.22 bits per heavy atom. The van der Waals surface area contributed by atoms with Crippen molar-refractivity contribution in [1.29, 1.82) is 0 Å². The standard InChI is InChI=1S/C76H77N4O.Pt/c1-48-32-33-55(44-68(48)81-56-34-35-58-57-26-19-20-29-64(57)80(67(58)45-56)69-38-49(2)62(46-77-69)59-27-23-28-63-70(59)76(14,15)37-36-75(63,12)13)78-47-79(66-31-22-21-30-65(66)78)71-60(50-24-17-16-18-25-50)42-54(74(9,10)11)43-61(71)51-39-52(72(3,4)5)41-53(40-51)73(6,7)8;/h16-35,38-43,46-47H,36-37H2,1-15H3;/q-3;/i1D3,2D3,16D,17D,18D,19D,20D,24D,25D,26D,29D;. The van der Waals surface area contributed by atoms with Gasteiger partial charge in [-0.1, -0.05) is 199 Å². The van der Waals surface area contributed by atoms with Crippen molar-refractivity contribution in [3.05, 3.63) is 221 Å². The molecule has 5 nitrogen and oxygen atoms in total. The van der Waals surface area contributed by atoms with Crippen LogP contribution in [0.2, 0.25) is 0 Å². The van der Waals surface area contributed by atoms with Gasteiger partial charge in [-0.3, -0.25) is 0 Å². The summed E-state index contributed by atoms with van der Waals surface area (Å²) in [4.78, 5) is 8.73. The molecule has 1 aliphatic heterocycles. The molecule has 0 amide bonds. The first-order valence-corrected chi connectivity index (χ1v) is 27.8. The fourth-order valence-corrected chi connectivity index (χ4v) is 11.7. The van der Waals surface area contributed by atoms with Crippen LogP contribution in [0.5, 0.6) is 11.5 Å². The van der Waals surface area contributed by atoms with E-state index in [1.54, 1.807) is 12.1 Å². The molecule has 10 aromatic rings. The second kappa shape index (κ2) is 20.6. The monoisotopic (exact) mass is 1270 g/mol. The summed E-state index contributed by atoms with van der Waals surface area (Å²) >= 11 is 0. The van der Waals surface area contributed by atoms with Crippen LogP contribution >= 0.6 is 0 Å². The fraction of sp³-hybridized carbons (Fsp3) is 0.289. The Kier molecular flexibility index (Phi) is 10.3. The Morgan fingerprint density at radius 1 is 0.585 bits per heavy atom. The number of rotatable bonds is 8. The average Bonchev–Trinajstić information content (AvgIpc) is 1.67. The Morgan fingerprint density at radius 3 is 1.90 bits per heavy atom. The smallest absolute Gasteiger partial charge is 0.135 e. The largest absolute Gasteiger partial charge is 0.509 e. The molecule has 0 spiro atoms. The van der Waals surface area contributed by atoms with Crippen molar-refractivity contribution >= 4 is 44.6 Å².